The van der Waals surface area contributed by atoms with E-state index >= 15 is 0 Å². The van der Waals surface area contributed by atoms with Crippen molar-refractivity contribution in [2.75, 3.05) is 14.2 Å². The van der Waals surface area contributed by atoms with E-state index in [1.165, 1.54) is 29.5 Å². The van der Waals surface area contributed by atoms with Crippen LogP contribution in [-0.4, -0.2) is 14.2 Å². The highest BCUT2D eigenvalue weighted by molar-refractivity contribution is 5.47. The minimum atomic E-state index is 0.184. The molecule has 15 heavy (non-hydrogen) atoms. The maximum atomic E-state index is 5.47. The largest absolute Gasteiger partial charge is 0.496 e. The molecule has 1 aromatic rings. The number of hydrogen-bond acceptors (Lipinski definition) is 2. The quantitative estimate of drug-likeness (QED) is 0.818. The Labute approximate surface area is 91.6 Å². The maximum absolute atomic E-state index is 5.47. The summed E-state index contributed by atoms with van der Waals surface area (Å²) in [5, 5.41) is 3.41. The third-order valence-electron chi connectivity index (χ3n) is 3.56. The zero-order chi connectivity index (χ0) is 11.1. The topological polar surface area (TPSA) is 21.3 Å². The second kappa shape index (κ2) is 3.53. The van der Waals surface area contributed by atoms with E-state index in [-0.39, 0.29) is 5.54 Å². The monoisotopic (exact) mass is 205 g/mol. The molecule has 0 unspecified atom stereocenters. The molecule has 0 atom stereocenters. The van der Waals surface area contributed by atoms with Gasteiger partial charge in [-0.15, -0.1) is 0 Å². The van der Waals surface area contributed by atoms with Crippen LogP contribution in [0.2, 0.25) is 0 Å². The maximum Gasteiger partial charge on any atom is 0.124 e. The summed E-state index contributed by atoms with van der Waals surface area (Å²) < 4.78 is 5.47. The van der Waals surface area contributed by atoms with Crippen LogP contribution >= 0.6 is 0 Å². The van der Waals surface area contributed by atoms with Crippen molar-refractivity contribution in [3.8, 4) is 5.75 Å². The van der Waals surface area contributed by atoms with Crippen LogP contribution in [0.15, 0.2) is 12.1 Å². The Bertz CT molecular complexity index is 380. The Morgan fingerprint density at radius 1 is 1.20 bits per heavy atom. The lowest BCUT2D eigenvalue weighted by Crippen LogP contribution is -2.25. The van der Waals surface area contributed by atoms with Gasteiger partial charge in [0.15, 0.2) is 0 Å². The van der Waals surface area contributed by atoms with Crippen molar-refractivity contribution in [3.05, 3.63) is 28.8 Å². The number of methoxy groups -OCH3 is 1. The third kappa shape index (κ3) is 1.63. The van der Waals surface area contributed by atoms with Gasteiger partial charge in [0.05, 0.1) is 7.11 Å². The zero-order valence-corrected chi connectivity index (χ0v) is 9.98. The first-order valence-corrected chi connectivity index (χ1v) is 5.47. The minimum absolute atomic E-state index is 0.184. The number of benzene rings is 1. The van der Waals surface area contributed by atoms with Crippen LogP contribution in [0.25, 0.3) is 0 Å². The van der Waals surface area contributed by atoms with Crippen molar-refractivity contribution in [1.82, 2.24) is 5.32 Å². The molecule has 0 spiro atoms. The van der Waals surface area contributed by atoms with Gasteiger partial charge < -0.3 is 10.1 Å². The van der Waals surface area contributed by atoms with E-state index in [2.05, 4.69) is 31.3 Å². The molecule has 0 radical (unpaired) electrons. The molecule has 0 aliphatic heterocycles. The van der Waals surface area contributed by atoms with Gasteiger partial charge >= 0.3 is 0 Å². The van der Waals surface area contributed by atoms with E-state index in [9.17, 15) is 0 Å². The number of ether oxygens (including phenoxy) is 1. The highest BCUT2D eigenvalue weighted by Gasteiger charge is 2.44. The average Bonchev–Trinajstić information content (AvgIpc) is 3.02. The summed E-state index contributed by atoms with van der Waals surface area (Å²) in [5.74, 6) is 1.02. The Morgan fingerprint density at radius 3 is 2.27 bits per heavy atom. The molecule has 2 rings (SSSR count). The van der Waals surface area contributed by atoms with Gasteiger partial charge in [-0.05, 0) is 50.9 Å². The summed E-state index contributed by atoms with van der Waals surface area (Å²) in [7, 11) is 3.78. The molecule has 0 aromatic heterocycles. The number of nitrogens with one attached hydrogen (secondary N) is 1. The van der Waals surface area contributed by atoms with Crippen LogP contribution in [0.1, 0.15) is 29.5 Å². The Hall–Kier alpha value is -1.02. The van der Waals surface area contributed by atoms with E-state index in [4.69, 9.17) is 4.74 Å². The van der Waals surface area contributed by atoms with Crippen LogP contribution in [0.3, 0.4) is 0 Å². The highest BCUT2D eigenvalue weighted by Crippen LogP contribution is 2.49. The predicted octanol–water partition coefficient (Wildman–Crippen LogP) is 2.52. The van der Waals surface area contributed by atoms with Crippen LogP contribution in [0.4, 0.5) is 0 Å². The van der Waals surface area contributed by atoms with E-state index in [1.807, 2.05) is 7.05 Å². The van der Waals surface area contributed by atoms with Crippen molar-refractivity contribution in [3.63, 3.8) is 0 Å². The summed E-state index contributed by atoms with van der Waals surface area (Å²) in [4.78, 5) is 0. The third-order valence-corrected chi connectivity index (χ3v) is 3.56. The van der Waals surface area contributed by atoms with E-state index in [0.717, 1.165) is 5.75 Å². The number of rotatable bonds is 3. The number of aryl methyl sites for hydroxylation is 2. The molecule has 1 aromatic carbocycles. The van der Waals surface area contributed by atoms with Gasteiger partial charge in [0.2, 0.25) is 0 Å². The van der Waals surface area contributed by atoms with E-state index < -0.39 is 0 Å². The minimum Gasteiger partial charge on any atom is -0.496 e. The second-order valence-electron chi connectivity index (χ2n) is 4.47. The first kappa shape index (κ1) is 10.5. The van der Waals surface area contributed by atoms with Crippen molar-refractivity contribution in [2.24, 2.45) is 0 Å². The van der Waals surface area contributed by atoms with Gasteiger partial charge in [-0.3, -0.25) is 0 Å². The predicted molar refractivity (Wildman–Crippen MR) is 62.4 cm³/mol. The standard InChI is InChI=1S/C13H19NO/c1-9-7-11(13(14-3)5-6-13)12(15-4)8-10(9)2/h7-8,14H,5-6H2,1-4H3. The van der Waals surface area contributed by atoms with Crippen molar-refractivity contribution in [2.45, 2.75) is 32.2 Å². The highest BCUT2D eigenvalue weighted by atomic mass is 16.5. The summed E-state index contributed by atoms with van der Waals surface area (Å²) in [6, 6.07) is 4.40. The summed E-state index contributed by atoms with van der Waals surface area (Å²) >= 11 is 0. The van der Waals surface area contributed by atoms with E-state index in [0.29, 0.717) is 0 Å². The lowest BCUT2D eigenvalue weighted by molar-refractivity contribution is 0.398. The van der Waals surface area contributed by atoms with Gasteiger partial charge in [-0.1, -0.05) is 6.07 Å². The lowest BCUT2D eigenvalue weighted by atomic mass is 9.98. The Kier molecular flexibility index (Phi) is 2.47. The van der Waals surface area contributed by atoms with Crippen LogP contribution in [0, 0.1) is 13.8 Å². The lowest BCUT2D eigenvalue weighted by Gasteiger charge is -2.19. The molecule has 0 saturated heterocycles. The van der Waals surface area contributed by atoms with Crippen LogP contribution < -0.4 is 10.1 Å². The molecule has 1 fully saturated rings. The zero-order valence-electron chi connectivity index (χ0n) is 9.98. The van der Waals surface area contributed by atoms with Crippen molar-refractivity contribution >= 4 is 0 Å². The second-order valence-corrected chi connectivity index (χ2v) is 4.47. The van der Waals surface area contributed by atoms with Crippen molar-refractivity contribution in [1.29, 1.82) is 0 Å². The van der Waals surface area contributed by atoms with E-state index in [1.54, 1.807) is 7.11 Å². The first-order chi connectivity index (χ1) is 7.13. The van der Waals surface area contributed by atoms with Gasteiger partial charge in [0.1, 0.15) is 5.75 Å². The molecule has 82 valence electrons. The summed E-state index contributed by atoms with van der Waals surface area (Å²) in [6.45, 7) is 4.28. The Morgan fingerprint density at radius 2 is 1.80 bits per heavy atom. The number of hydrogen-bond donors (Lipinski definition) is 1. The fraction of sp³-hybridized carbons (Fsp3) is 0.538. The van der Waals surface area contributed by atoms with Gasteiger partial charge in [-0.25, -0.2) is 0 Å². The molecular weight excluding hydrogens is 186 g/mol. The van der Waals surface area contributed by atoms with Gasteiger partial charge in [0.25, 0.3) is 0 Å². The summed E-state index contributed by atoms with van der Waals surface area (Å²) in [6.07, 6.45) is 2.42. The molecule has 1 saturated carbocycles. The normalized spacial score (nSPS) is 17.6. The van der Waals surface area contributed by atoms with Gasteiger partial charge in [-0.2, -0.15) is 0 Å². The SMILES string of the molecule is CNC1(c2cc(C)c(C)cc2OC)CC1. The molecule has 0 bridgehead atoms. The smallest absolute Gasteiger partial charge is 0.124 e. The first-order valence-electron chi connectivity index (χ1n) is 5.47. The molecule has 0 heterocycles. The fourth-order valence-electron chi connectivity index (χ4n) is 2.11. The molecule has 0 amide bonds. The average molecular weight is 205 g/mol. The fourth-order valence-corrected chi connectivity index (χ4v) is 2.11. The molecule has 1 aliphatic rings. The summed E-state index contributed by atoms with van der Waals surface area (Å²) in [5.41, 5.74) is 4.13. The van der Waals surface area contributed by atoms with Gasteiger partial charge in [0, 0.05) is 11.1 Å². The molecule has 1 N–H and O–H groups in total. The molecule has 2 heteroatoms. The molecular formula is C13H19NO. The van der Waals surface area contributed by atoms with Crippen molar-refractivity contribution < 1.29 is 4.74 Å². The molecule has 1 aliphatic carbocycles. The van der Waals surface area contributed by atoms with Crippen LogP contribution in [-0.2, 0) is 5.54 Å². The molecule has 2 nitrogen and oxygen atoms in total. The Balaban J connectivity index is 2.50. The van der Waals surface area contributed by atoms with Crippen LogP contribution in [0.5, 0.6) is 5.75 Å².